The first-order valence-electron chi connectivity index (χ1n) is 6.99. The Morgan fingerprint density at radius 1 is 1.37 bits per heavy atom. The van der Waals surface area contributed by atoms with Crippen LogP contribution in [0, 0.1) is 5.92 Å². The summed E-state index contributed by atoms with van der Waals surface area (Å²) in [6.45, 7) is 6.16. The quantitative estimate of drug-likeness (QED) is 0.822. The van der Waals surface area contributed by atoms with Gasteiger partial charge in [0.05, 0.1) is 18.3 Å². The van der Waals surface area contributed by atoms with Gasteiger partial charge >= 0.3 is 0 Å². The van der Waals surface area contributed by atoms with E-state index >= 15 is 0 Å². The molecule has 2 saturated heterocycles. The van der Waals surface area contributed by atoms with E-state index in [1.54, 1.807) is 18.6 Å². The first kappa shape index (κ1) is 12.4. The second-order valence-electron chi connectivity index (χ2n) is 5.82. The number of nitrogens with zero attached hydrogens (tertiary/aromatic N) is 4. The molecule has 0 N–H and O–H groups in total. The summed E-state index contributed by atoms with van der Waals surface area (Å²) in [6.07, 6.45) is 6.85. The molecule has 0 saturated carbocycles. The van der Waals surface area contributed by atoms with Crippen molar-refractivity contribution in [3.63, 3.8) is 0 Å². The van der Waals surface area contributed by atoms with Gasteiger partial charge in [0.1, 0.15) is 5.82 Å². The maximum atomic E-state index is 12.2. The van der Waals surface area contributed by atoms with Crippen LogP contribution >= 0.6 is 0 Å². The first-order chi connectivity index (χ1) is 9.16. The molecule has 0 unspecified atom stereocenters. The van der Waals surface area contributed by atoms with E-state index in [0.29, 0.717) is 18.4 Å². The van der Waals surface area contributed by atoms with E-state index in [-0.39, 0.29) is 11.9 Å². The van der Waals surface area contributed by atoms with E-state index in [0.717, 1.165) is 25.3 Å². The third kappa shape index (κ3) is 2.17. The van der Waals surface area contributed by atoms with Crippen LogP contribution in [0.4, 0.5) is 5.82 Å². The molecule has 2 fully saturated rings. The number of anilines is 1. The molecule has 5 nitrogen and oxygen atoms in total. The number of hydrogen-bond donors (Lipinski definition) is 0. The minimum absolute atomic E-state index is 0.281. The molecule has 5 heteroatoms. The van der Waals surface area contributed by atoms with Crippen molar-refractivity contribution in [2.75, 3.05) is 18.0 Å². The number of hydrogen-bond acceptors (Lipinski definition) is 4. The predicted molar refractivity (Wildman–Crippen MR) is 72.7 cm³/mol. The summed E-state index contributed by atoms with van der Waals surface area (Å²) < 4.78 is 0. The number of carbonyl (C=O) groups excluding carboxylic acids is 1. The van der Waals surface area contributed by atoms with Crippen LogP contribution in [-0.2, 0) is 4.79 Å². The van der Waals surface area contributed by atoms with Crippen LogP contribution in [0.1, 0.15) is 26.7 Å². The van der Waals surface area contributed by atoms with Crippen LogP contribution in [0.15, 0.2) is 18.6 Å². The molecule has 2 atom stereocenters. The minimum Gasteiger partial charge on any atom is -0.350 e. The van der Waals surface area contributed by atoms with Gasteiger partial charge in [-0.05, 0) is 12.3 Å². The molecule has 0 aromatic carbocycles. The molecular weight excluding hydrogens is 240 g/mol. The van der Waals surface area contributed by atoms with Crippen molar-refractivity contribution in [2.45, 2.75) is 38.8 Å². The fourth-order valence-electron chi connectivity index (χ4n) is 3.28. The fraction of sp³-hybridized carbons (Fsp3) is 0.643. The van der Waals surface area contributed by atoms with Gasteiger partial charge in [0, 0.05) is 31.9 Å². The topological polar surface area (TPSA) is 49.3 Å². The molecule has 102 valence electrons. The van der Waals surface area contributed by atoms with Crippen LogP contribution in [0.25, 0.3) is 0 Å². The molecule has 1 aromatic rings. The Bertz CT molecular complexity index is 462. The molecule has 1 aromatic heterocycles. The molecule has 3 heterocycles. The van der Waals surface area contributed by atoms with Gasteiger partial charge in [0.15, 0.2) is 0 Å². The van der Waals surface area contributed by atoms with E-state index < -0.39 is 0 Å². The molecule has 0 bridgehead atoms. The van der Waals surface area contributed by atoms with Crippen molar-refractivity contribution in [3.05, 3.63) is 18.6 Å². The summed E-state index contributed by atoms with van der Waals surface area (Å²) in [4.78, 5) is 25.0. The number of rotatable bonds is 3. The van der Waals surface area contributed by atoms with E-state index in [2.05, 4.69) is 33.6 Å². The summed E-state index contributed by atoms with van der Waals surface area (Å²) in [6, 6.07) is 0.639. The number of amides is 1. The highest BCUT2D eigenvalue weighted by Crippen LogP contribution is 2.34. The van der Waals surface area contributed by atoms with Gasteiger partial charge in [-0.2, -0.15) is 0 Å². The summed E-state index contributed by atoms with van der Waals surface area (Å²) in [7, 11) is 0. The van der Waals surface area contributed by atoms with Crippen LogP contribution < -0.4 is 4.90 Å². The van der Waals surface area contributed by atoms with Crippen molar-refractivity contribution in [1.29, 1.82) is 0 Å². The molecule has 2 aliphatic rings. The van der Waals surface area contributed by atoms with Crippen LogP contribution in [0.2, 0.25) is 0 Å². The third-order valence-corrected chi connectivity index (χ3v) is 4.02. The number of fused-ring (bicyclic) bond motifs is 1. The van der Waals surface area contributed by atoms with Crippen molar-refractivity contribution in [1.82, 2.24) is 14.9 Å². The Labute approximate surface area is 113 Å². The summed E-state index contributed by atoms with van der Waals surface area (Å²) in [5, 5.41) is 0. The van der Waals surface area contributed by atoms with Gasteiger partial charge in [-0.15, -0.1) is 0 Å². The van der Waals surface area contributed by atoms with Gasteiger partial charge in [-0.1, -0.05) is 13.8 Å². The lowest BCUT2D eigenvalue weighted by molar-refractivity contribution is -0.129. The summed E-state index contributed by atoms with van der Waals surface area (Å²) in [5.41, 5.74) is 0. The highest BCUT2D eigenvalue weighted by Gasteiger charge is 2.47. The van der Waals surface area contributed by atoms with Gasteiger partial charge in [0.25, 0.3) is 0 Å². The van der Waals surface area contributed by atoms with Crippen molar-refractivity contribution in [2.24, 2.45) is 5.92 Å². The number of aromatic nitrogens is 2. The van der Waals surface area contributed by atoms with E-state index in [1.165, 1.54) is 0 Å². The zero-order chi connectivity index (χ0) is 13.4. The Kier molecular flexibility index (Phi) is 3.12. The molecule has 0 radical (unpaired) electrons. The van der Waals surface area contributed by atoms with Crippen LogP contribution in [0.5, 0.6) is 0 Å². The highest BCUT2D eigenvalue weighted by atomic mass is 16.2. The second-order valence-corrected chi connectivity index (χ2v) is 5.82. The van der Waals surface area contributed by atoms with E-state index in [1.807, 2.05) is 0 Å². The molecule has 1 amide bonds. The molecule has 0 aliphatic carbocycles. The zero-order valence-corrected chi connectivity index (χ0v) is 11.5. The molecule has 19 heavy (non-hydrogen) atoms. The minimum atomic E-state index is 0.281. The third-order valence-electron chi connectivity index (χ3n) is 4.02. The Hall–Kier alpha value is -1.65. The summed E-state index contributed by atoms with van der Waals surface area (Å²) in [5.74, 6) is 1.71. The monoisotopic (exact) mass is 260 g/mol. The van der Waals surface area contributed by atoms with Gasteiger partial charge in [-0.3, -0.25) is 9.78 Å². The number of carbonyl (C=O) groups is 1. The molecule has 0 spiro atoms. The molecule has 3 rings (SSSR count). The Morgan fingerprint density at radius 2 is 2.21 bits per heavy atom. The zero-order valence-electron chi connectivity index (χ0n) is 11.5. The first-order valence-corrected chi connectivity index (χ1v) is 6.99. The second kappa shape index (κ2) is 4.79. The SMILES string of the molecule is CC(C)CN1C(=O)C[C@H]2[C@@H]1CCN2c1cnccn1. The average Bonchev–Trinajstić information content (AvgIpc) is 2.91. The molecule has 2 aliphatic heterocycles. The normalized spacial score (nSPS) is 26.4. The smallest absolute Gasteiger partial charge is 0.225 e. The number of likely N-dealkylation sites (tertiary alicyclic amines) is 1. The van der Waals surface area contributed by atoms with Crippen LogP contribution in [0.3, 0.4) is 0 Å². The average molecular weight is 260 g/mol. The predicted octanol–water partition coefficient (Wildman–Crippen LogP) is 1.31. The largest absolute Gasteiger partial charge is 0.350 e. The lowest BCUT2D eigenvalue weighted by atomic mass is 10.1. The molecular formula is C14H20N4O. The van der Waals surface area contributed by atoms with E-state index in [4.69, 9.17) is 0 Å². The lowest BCUT2D eigenvalue weighted by Gasteiger charge is -2.26. The van der Waals surface area contributed by atoms with Gasteiger partial charge < -0.3 is 9.80 Å². The summed E-state index contributed by atoms with van der Waals surface area (Å²) >= 11 is 0. The standard InChI is InChI=1S/C14H20N4O/c1-10(2)9-18-11-3-6-17(12(11)7-14(18)19)13-8-15-4-5-16-13/h4-5,8,10-12H,3,6-7,9H2,1-2H3/t11-,12-/m0/s1. The lowest BCUT2D eigenvalue weighted by Crippen LogP contribution is -2.39. The van der Waals surface area contributed by atoms with Gasteiger partial charge in [0.2, 0.25) is 5.91 Å². The van der Waals surface area contributed by atoms with Crippen molar-refractivity contribution >= 4 is 11.7 Å². The maximum absolute atomic E-state index is 12.2. The fourth-order valence-corrected chi connectivity index (χ4v) is 3.28. The highest BCUT2D eigenvalue weighted by molar-refractivity contribution is 5.81. The van der Waals surface area contributed by atoms with E-state index in [9.17, 15) is 4.79 Å². The van der Waals surface area contributed by atoms with Crippen molar-refractivity contribution < 1.29 is 4.79 Å². The Balaban J connectivity index is 1.79. The van der Waals surface area contributed by atoms with Gasteiger partial charge in [-0.25, -0.2) is 4.98 Å². The van der Waals surface area contributed by atoms with Crippen molar-refractivity contribution in [3.8, 4) is 0 Å². The van der Waals surface area contributed by atoms with Crippen LogP contribution in [-0.4, -0.2) is 45.9 Å². The Morgan fingerprint density at radius 3 is 2.89 bits per heavy atom. The maximum Gasteiger partial charge on any atom is 0.225 e.